The summed E-state index contributed by atoms with van der Waals surface area (Å²) in [5.74, 6) is -1.03. The molecule has 1 heterocycles. The first-order chi connectivity index (χ1) is 8.97. The van der Waals surface area contributed by atoms with Crippen molar-refractivity contribution in [3.63, 3.8) is 0 Å². The Balaban J connectivity index is 2.19. The number of hydrogen-bond acceptors (Lipinski definition) is 5. The molecule has 0 bridgehead atoms. The van der Waals surface area contributed by atoms with Gasteiger partial charge in [0.25, 0.3) is 0 Å². The molecule has 2 aromatic rings. The SMILES string of the molecule is Cc1csc(C(C)Nc2ccc(N)c(C(=O)O)c2)n1. The van der Waals surface area contributed by atoms with E-state index in [0.29, 0.717) is 5.69 Å². The van der Waals surface area contributed by atoms with Gasteiger partial charge < -0.3 is 16.2 Å². The number of aromatic nitrogens is 1. The second-order valence-corrected chi connectivity index (χ2v) is 5.19. The summed E-state index contributed by atoms with van der Waals surface area (Å²) >= 11 is 1.58. The number of benzene rings is 1. The fraction of sp³-hybridized carbons (Fsp3) is 0.231. The van der Waals surface area contributed by atoms with Crippen molar-refractivity contribution < 1.29 is 9.90 Å². The second-order valence-electron chi connectivity index (χ2n) is 4.30. The maximum Gasteiger partial charge on any atom is 0.337 e. The zero-order valence-corrected chi connectivity index (χ0v) is 11.5. The first-order valence-corrected chi connectivity index (χ1v) is 6.66. The molecule has 0 fully saturated rings. The van der Waals surface area contributed by atoms with Gasteiger partial charge >= 0.3 is 5.97 Å². The molecule has 0 saturated carbocycles. The summed E-state index contributed by atoms with van der Waals surface area (Å²) in [5, 5.41) is 15.2. The number of carboxylic acids is 1. The molecule has 0 aliphatic carbocycles. The third-order valence-electron chi connectivity index (χ3n) is 2.67. The first-order valence-electron chi connectivity index (χ1n) is 5.78. The number of thiazole rings is 1. The predicted octanol–water partition coefficient (Wildman–Crippen LogP) is 2.91. The Morgan fingerprint density at radius 1 is 1.53 bits per heavy atom. The Morgan fingerprint density at radius 2 is 2.26 bits per heavy atom. The van der Waals surface area contributed by atoms with Crippen LogP contribution in [0.4, 0.5) is 11.4 Å². The monoisotopic (exact) mass is 277 g/mol. The molecule has 1 aromatic carbocycles. The van der Waals surface area contributed by atoms with Gasteiger partial charge in [-0.3, -0.25) is 0 Å². The highest BCUT2D eigenvalue weighted by Gasteiger charge is 2.12. The van der Waals surface area contributed by atoms with Crippen LogP contribution in [-0.4, -0.2) is 16.1 Å². The lowest BCUT2D eigenvalue weighted by Crippen LogP contribution is -2.08. The molecule has 2 rings (SSSR count). The number of carboxylic acid groups (broad SMARTS) is 1. The second kappa shape index (κ2) is 5.27. The Kier molecular flexibility index (Phi) is 3.71. The normalized spacial score (nSPS) is 12.1. The van der Waals surface area contributed by atoms with Gasteiger partial charge in [-0.25, -0.2) is 9.78 Å². The summed E-state index contributed by atoms with van der Waals surface area (Å²) in [5.41, 5.74) is 7.68. The van der Waals surface area contributed by atoms with Gasteiger partial charge in [0.15, 0.2) is 0 Å². The minimum Gasteiger partial charge on any atom is -0.478 e. The van der Waals surface area contributed by atoms with E-state index >= 15 is 0 Å². The Hall–Kier alpha value is -2.08. The molecule has 0 amide bonds. The Bertz CT molecular complexity index is 610. The number of hydrogen-bond donors (Lipinski definition) is 3. The van der Waals surface area contributed by atoms with Crippen LogP contribution in [0, 0.1) is 6.92 Å². The fourth-order valence-electron chi connectivity index (χ4n) is 1.71. The molecule has 1 unspecified atom stereocenters. The highest BCUT2D eigenvalue weighted by Crippen LogP contribution is 2.24. The van der Waals surface area contributed by atoms with Gasteiger partial charge in [-0.1, -0.05) is 0 Å². The van der Waals surface area contributed by atoms with E-state index in [1.54, 1.807) is 23.5 Å². The van der Waals surface area contributed by atoms with E-state index in [2.05, 4.69) is 10.3 Å². The Labute approximate surface area is 115 Å². The molecule has 6 heteroatoms. The summed E-state index contributed by atoms with van der Waals surface area (Å²) in [4.78, 5) is 15.4. The molecule has 5 nitrogen and oxygen atoms in total. The van der Waals surface area contributed by atoms with Gasteiger partial charge in [0.05, 0.1) is 11.6 Å². The molecule has 100 valence electrons. The van der Waals surface area contributed by atoms with E-state index in [0.717, 1.165) is 10.7 Å². The van der Waals surface area contributed by atoms with E-state index < -0.39 is 5.97 Å². The topological polar surface area (TPSA) is 88.2 Å². The zero-order valence-electron chi connectivity index (χ0n) is 10.7. The molecule has 0 aliphatic heterocycles. The lowest BCUT2D eigenvalue weighted by molar-refractivity contribution is 0.0698. The summed E-state index contributed by atoms with van der Waals surface area (Å²) in [7, 11) is 0. The van der Waals surface area contributed by atoms with Crippen molar-refractivity contribution in [2.75, 3.05) is 11.1 Å². The molecule has 0 aliphatic rings. The number of aryl methyl sites for hydroxylation is 1. The number of anilines is 2. The van der Waals surface area contributed by atoms with Crippen molar-refractivity contribution in [3.05, 3.63) is 39.8 Å². The quantitative estimate of drug-likeness (QED) is 0.748. The van der Waals surface area contributed by atoms with Crippen LogP contribution in [0.3, 0.4) is 0 Å². The number of nitrogen functional groups attached to an aromatic ring is 1. The van der Waals surface area contributed by atoms with Gasteiger partial charge in [0.1, 0.15) is 5.01 Å². The third kappa shape index (κ3) is 3.03. The summed E-state index contributed by atoms with van der Waals surface area (Å²) in [6, 6.07) is 4.91. The minimum absolute atomic E-state index is 0.0176. The number of carbonyl (C=O) groups is 1. The summed E-state index contributed by atoms with van der Waals surface area (Å²) in [6.07, 6.45) is 0. The lowest BCUT2D eigenvalue weighted by atomic mass is 10.1. The summed E-state index contributed by atoms with van der Waals surface area (Å²) < 4.78 is 0. The van der Waals surface area contributed by atoms with Crippen LogP contribution < -0.4 is 11.1 Å². The molecule has 0 radical (unpaired) electrons. The summed E-state index contributed by atoms with van der Waals surface area (Å²) in [6.45, 7) is 3.92. The van der Waals surface area contributed by atoms with Gasteiger partial charge in [-0.2, -0.15) is 0 Å². The van der Waals surface area contributed by atoms with Gasteiger partial charge in [-0.15, -0.1) is 11.3 Å². The number of rotatable bonds is 4. The molecule has 1 atom stereocenters. The smallest absolute Gasteiger partial charge is 0.337 e. The van der Waals surface area contributed by atoms with Crippen molar-refractivity contribution in [1.29, 1.82) is 0 Å². The molecule has 0 spiro atoms. The van der Waals surface area contributed by atoms with Crippen LogP contribution >= 0.6 is 11.3 Å². The van der Waals surface area contributed by atoms with E-state index in [1.807, 2.05) is 19.2 Å². The van der Waals surface area contributed by atoms with Crippen molar-refractivity contribution in [2.24, 2.45) is 0 Å². The Morgan fingerprint density at radius 3 is 2.84 bits per heavy atom. The zero-order chi connectivity index (χ0) is 14.0. The van der Waals surface area contributed by atoms with Gasteiger partial charge in [0, 0.05) is 22.4 Å². The average Bonchev–Trinajstić information content (AvgIpc) is 2.78. The molecule has 1 aromatic heterocycles. The largest absolute Gasteiger partial charge is 0.478 e. The maximum atomic E-state index is 11.0. The van der Waals surface area contributed by atoms with Crippen LogP contribution in [0.2, 0.25) is 0 Å². The van der Waals surface area contributed by atoms with E-state index in [4.69, 9.17) is 10.8 Å². The number of nitrogens with zero attached hydrogens (tertiary/aromatic N) is 1. The molecular formula is C13H15N3O2S. The number of nitrogens with two attached hydrogens (primary N) is 1. The van der Waals surface area contributed by atoms with Crippen LogP contribution in [0.1, 0.15) is 34.0 Å². The van der Waals surface area contributed by atoms with Crippen molar-refractivity contribution in [3.8, 4) is 0 Å². The van der Waals surface area contributed by atoms with Crippen molar-refractivity contribution in [2.45, 2.75) is 19.9 Å². The number of nitrogens with one attached hydrogen (secondary N) is 1. The highest BCUT2D eigenvalue weighted by molar-refractivity contribution is 7.09. The van der Waals surface area contributed by atoms with Gasteiger partial charge in [-0.05, 0) is 32.0 Å². The molecule has 4 N–H and O–H groups in total. The highest BCUT2D eigenvalue weighted by atomic mass is 32.1. The lowest BCUT2D eigenvalue weighted by Gasteiger charge is -2.13. The predicted molar refractivity (Wildman–Crippen MR) is 76.7 cm³/mol. The minimum atomic E-state index is -1.03. The molecule has 0 saturated heterocycles. The van der Waals surface area contributed by atoms with Crippen LogP contribution in [0.15, 0.2) is 23.6 Å². The van der Waals surface area contributed by atoms with E-state index in [9.17, 15) is 4.79 Å². The van der Waals surface area contributed by atoms with Gasteiger partial charge in [0.2, 0.25) is 0 Å². The van der Waals surface area contributed by atoms with Crippen LogP contribution in [0.25, 0.3) is 0 Å². The molecule has 19 heavy (non-hydrogen) atoms. The van der Waals surface area contributed by atoms with Crippen molar-refractivity contribution in [1.82, 2.24) is 4.98 Å². The standard InChI is InChI=1S/C13H15N3O2S/c1-7-6-19-12(15-7)8(2)16-9-3-4-11(14)10(5-9)13(17)18/h3-6,8,16H,14H2,1-2H3,(H,17,18). The van der Waals surface area contributed by atoms with E-state index in [1.165, 1.54) is 6.07 Å². The maximum absolute atomic E-state index is 11.0. The first kappa shape index (κ1) is 13.4. The van der Waals surface area contributed by atoms with Crippen molar-refractivity contribution >= 4 is 28.7 Å². The third-order valence-corrected chi connectivity index (χ3v) is 3.82. The molecular weight excluding hydrogens is 262 g/mol. The number of aromatic carboxylic acids is 1. The van der Waals surface area contributed by atoms with Crippen LogP contribution in [-0.2, 0) is 0 Å². The fourth-order valence-corrected chi connectivity index (χ4v) is 2.52. The van der Waals surface area contributed by atoms with E-state index in [-0.39, 0.29) is 17.3 Å². The average molecular weight is 277 g/mol. The van der Waals surface area contributed by atoms with Crippen LogP contribution in [0.5, 0.6) is 0 Å².